The van der Waals surface area contributed by atoms with Crippen molar-refractivity contribution in [3.8, 4) is 23.0 Å². The van der Waals surface area contributed by atoms with Crippen LogP contribution in [0.2, 0.25) is 0 Å². The number of thiophene rings is 1. The third-order valence-corrected chi connectivity index (χ3v) is 8.23. The van der Waals surface area contributed by atoms with Crippen LogP contribution in [-0.4, -0.2) is 44.9 Å². The average molecular weight is 574 g/mol. The maximum atomic E-state index is 14.0. The Balaban J connectivity index is 1.58. The molecular formula is C26H22BrF2N3O3S. The Bertz CT molecular complexity index is 1500. The lowest BCUT2D eigenvalue weighted by molar-refractivity contribution is -0.144. The van der Waals surface area contributed by atoms with Crippen LogP contribution in [0.3, 0.4) is 0 Å². The molecule has 0 atom stereocenters. The van der Waals surface area contributed by atoms with Crippen molar-refractivity contribution in [1.82, 2.24) is 14.5 Å². The van der Waals surface area contributed by atoms with Gasteiger partial charge in [0.2, 0.25) is 11.7 Å². The van der Waals surface area contributed by atoms with Crippen molar-refractivity contribution >= 4 is 49.2 Å². The minimum Gasteiger partial charge on any atom is -0.335 e. The van der Waals surface area contributed by atoms with Gasteiger partial charge >= 0.3 is 0 Å². The number of nitrogens with zero attached hydrogens (tertiary/aromatic N) is 3. The molecule has 1 aliphatic heterocycles. The van der Waals surface area contributed by atoms with Gasteiger partial charge in [0.05, 0.1) is 34.2 Å². The number of aromatic nitrogens is 2. The van der Waals surface area contributed by atoms with Gasteiger partial charge in [-0.3, -0.25) is 19.0 Å². The zero-order valence-electron chi connectivity index (χ0n) is 19.4. The van der Waals surface area contributed by atoms with E-state index >= 15 is 0 Å². The van der Waals surface area contributed by atoms with E-state index in [0.29, 0.717) is 20.8 Å². The molecule has 0 bridgehead atoms. The van der Waals surface area contributed by atoms with Gasteiger partial charge in [-0.1, -0.05) is 18.9 Å². The van der Waals surface area contributed by atoms with Crippen LogP contribution < -0.4 is 5.56 Å². The third-order valence-electron chi connectivity index (χ3n) is 6.61. The number of alkyl halides is 1. The van der Waals surface area contributed by atoms with Crippen molar-refractivity contribution in [2.24, 2.45) is 5.92 Å². The van der Waals surface area contributed by atoms with Crippen LogP contribution in [0.15, 0.2) is 33.8 Å². The first-order chi connectivity index (χ1) is 17.1. The Morgan fingerprint density at radius 2 is 2.00 bits per heavy atom. The largest absolute Gasteiger partial charge is 0.335 e. The lowest BCUT2D eigenvalue weighted by Gasteiger charge is -2.42. The van der Waals surface area contributed by atoms with E-state index in [-0.39, 0.29) is 47.1 Å². The molecule has 1 saturated heterocycles. The van der Waals surface area contributed by atoms with Crippen LogP contribution in [0.1, 0.15) is 37.5 Å². The van der Waals surface area contributed by atoms with Crippen LogP contribution in [0.25, 0.3) is 21.3 Å². The minimum atomic E-state index is -1.41. The molecular weight excluding hydrogens is 552 g/mol. The van der Waals surface area contributed by atoms with Crippen molar-refractivity contribution < 1.29 is 18.4 Å². The van der Waals surface area contributed by atoms with E-state index in [0.717, 1.165) is 25.7 Å². The smallest absolute Gasteiger partial charge is 0.263 e. The summed E-state index contributed by atoms with van der Waals surface area (Å²) in [6, 6.07) is 4.36. The van der Waals surface area contributed by atoms with Crippen LogP contribution in [0, 0.1) is 23.6 Å². The summed E-state index contributed by atoms with van der Waals surface area (Å²) in [5.41, 5.74) is -0.894. The summed E-state index contributed by atoms with van der Waals surface area (Å²) in [4.78, 5) is 45.3. The van der Waals surface area contributed by atoms with Crippen LogP contribution in [-0.2, 0) is 16.1 Å². The standard InChI is InChI=1S/C26H22BrF2N3O3S/c1-26(29)12-32(13-26)21(34)11-31-14-30-24-23(25(31)35)22(16-6-7-18(28)17(27)10-16)20(36-24)9-8-19(33)15-4-2-3-5-15/h6-7,10,14-15H,2-5,11-13H2,1H3. The van der Waals surface area contributed by atoms with Gasteiger partial charge in [0.1, 0.15) is 22.9 Å². The second kappa shape index (κ2) is 9.52. The molecule has 6 nitrogen and oxygen atoms in total. The molecule has 5 rings (SSSR count). The normalized spacial score (nSPS) is 17.1. The minimum absolute atomic E-state index is 0.0156. The van der Waals surface area contributed by atoms with Crippen molar-refractivity contribution in [3.05, 3.63) is 50.0 Å². The molecule has 0 radical (unpaired) electrons. The highest BCUT2D eigenvalue weighted by molar-refractivity contribution is 9.10. The molecule has 1 saturated carbocycles. The number of amides is 1. The number of benzene rings is 1. The van der Waals surface area contributed by atoms with Crippen molar-refractivity contribution in [2.75, 3.05) is 13.1 Å². The average Bonchev–Trinajstić information content (AvgIpc) is 3.48. The molecule has 3 aromatic rings. The molecule has 2 fully saturated rings. The summed E-state index contributed by atoms with van der Waals surface area (Å²) < 4.78 is 29.2. The molecule has 36 heavy (non-hydrogen) atoms. The van der Waals surface area contributed by atoms with Gasteiger partial charge in [0, 0.05) is 11.5 Å². The van der Waals surface area contributed by atoms with E-state index in [1.54, 1.807) is 6.07 Å². The van der Waals surface area contributed by atoms with Crippen molar-refractivity contribution in [1.29, 1.82) is 0 Å². The van der Waals surface area contributed by atoms with E-state index in [1.165, 1.54) is 46.2 Å². The fourth-order valence-electron chi connectivity index (χ4n) is 4.73. The van der Waals surface area contributed by atoms with Crippen molar-refractivity contribution in [2.45, 2.75) is 44.8 Å². The molecule has 0 spiro atoms. The monoisotopic (exact) mass is 573 g/mol. The quantitative estimate of drug-likeness (QED) is 0.424. The van der Waals surface area contributed by atoms with Gasteiger partial charge in [-0.25, -0.2) is 13.8 Å². The molecule has 0 N–H and O–H groups in total. The Hall–Kier alpha value is -2.90. The number of halogens is 3. The molecule has 3 heterocycles. The Labute approximate surface area is 218 Å². The fraction of sp³-hybridized carbons (Fsp3) is 0.385. The van der Waals surface area contributed by atoms with Gasteiger partial charge in [0.25, 0.3) is 5.56 Å². The van der Waals surface area contributed by atoms with E-state index in [1.807, 2.05) is 0 Å². The molecule has 10 heteroatoms. The Morgan fingerprint density at radius 3 is 2.67 bits per heavy atom. The van der Waals surface area contributed by atoms with Crippen LogP contribution in [0.5, 0.6) is 0 Å². The SMILES string of the molecule is CC1(F)CN(C(=O)Cn2cnc3sc(C#CC(=O)C4CCCC4)c(-c4ccc(F)c(Br)c4)c3c2=O)C1. The number of hydrogen-bond acceptors (Lipinski definition) is 5. The van der Waals surface area contributed by atoms with Gasteiger partial charge in [-0.2, -0.15) is 0 Å². The second-order valence-electron chi connectivity index (χ2n) is 9.55. The third kappa shape index (κ3) is 4.74. The topological polar surface area (TPSA) is 72.3 Å². The van der Waals surface area contributed by atoms with E-state index in [2.05, 4.69) is 32.8 Å². The predicted molar refractivity (Wildman–Crippen MR) is 137 cm³/mol. The molecule has 1 aliphatic carbocycles. The molecule has 1 aromatic carbocycles. The summed E-state index contributed by atoms with van der Waals surface area (Å²) in [5, 5.41) is 0.241. The van der Waals surface area contributed by atoms with E-state index in [4.69, 9.17) is 0 Å². The highest BCUT2D eigenvalue weighted by Crippen LogP contribution is 2.37. The number of carbonyl (C=O) groups excluding carboxylic acids is 2. The van der Waals surface area contributed by atoms with Crippen LogP contribution >= 0.6 is 27.3 Å². The van der Waals surface area contributed by atoms with Gasteiger partial charge < -0.3 is 4.90 Å². The maximum Gasteiger partial charge on any atom is 0.263 e. The summed E-state index contributed by atoms with van der Waals surface area (Å²) in [6.07, 6.45) is 4.98. The summed E-state index contributed by atoms with van der Waals surface area (Å²) in [5.74, 6) is 4.67. The molecule has 0 unspecified atom stereocenters. The number of hydrogen-bond donors (Lipinski definition) is 0. The van der Waals surface area contributed by atoms with E-state index < -0.39 is 17.0 Å². The number of Topliss-reactive ketones (excluding diaryl/α,β-unsaturated/α-hetero) is 1. The molecule has 186 valence electrons. The Kier molecular flexibility index (Phi) is 6.55. The lowest BCUT2D eigenvalue weighted by Crippen LogP contribution is -2.60. The number of rotatable bonds is 4. The molecule has 2 aromatic heterocycles. The molecule has 2 aliphatic rings. The summed E-state index contributed by atoms with van der Waals surface area (Å²) in [7, 11) is 0. The van der Waals surface area contributed by atoms with Crippen LogP contribution in [0.4, 0.5) is 8.78 Å². The van der Waals surface area contributed by atoms with Gasteiger partial charge in [-0.05, 0) is 65.2 Å². The number of fused-ring (bicyclic) bond motifs is 1. The summed E-state index contributed by atoms with van der Waals surface area (Å²) in [6.45, 7) is 1.12. The maximum absolute atomic E-state index is 14.0. The number of ketones is 1. The highest BCUT2D eigenvalue weighted by atomic mass is 79.9. The van der Waals surface area contributed by atoms with Crippen molar-refractivity contribution in [3.63, 3.8) is 0 Å². The second-order valence-corrected chi connectivity index (χ2v) is 11.4. The first kappa shape index (κ1) is 24.8. The zero-order valence-corrected chi connectivity index (χ0v) is 21.8. The first-order valence-corrected chi connectivity index (χ1v) is 13.2. The van der Waals surface area contributed by atoms with Gasteiger partial charge in [-0.15, -0.1) is 11.3 Å². The molecule has 1 amide bonds. The zero-order chi connectivity index (χ0) is 25.6. The highest BCUT2D eigenvalue weighted by Gasteiger charge is 2.41. The predicted octanol–water partition coefficient (Wildman–Crippen LogP) is 4.71. The Morgan fingerprint density at radius 1 is 1.28 bits per heavy atom. The lowest BCUT2D eigenvalue weighted by atomic mass is 9.99. The van der Waals surface area contributed by atoms with E-state index in [9.17, 15) is 23.2 Å². The fourth-order valence-corrected chi connectivity index (χ4v) is 6.12. The first-order valence-electron chi connectivity index (χ1n) is 11.6. The summed E-state index contributed by atoms with van der Waals surface area (Å²) >= 11 is 4.36. The number of likely N-dealkylation sites (tertiary alicyclic amines) is 1. The number of carbonyl (C=O) groups is 2. The van der Waals surface area contributed by atoms with Gasteiger partial charge in [0.15, 0.2) is 0 Å².